The van der Waals surface area contributed by atoms with Crippen molar-refractivity contribution in [2.45, 2.75) is 58.1 Å². The Kier molecular flexibility index (Phi) is 11.5. The average molecular weight is 552 g/mol. The van der Waals surface area contributed by atoms with E-state index in [2.05, 4.69) is 15.3 Å². The summed E-state index contributed by atoms with van der Waals surface area (Å²) in [6.45, 7) is 2.65. The second-order valence-corrected chi connectivity index (χ2v) is 7.99. The Morgan fingerprint density at radius 3 is 2.21 bits per heavy atom. The zero-order chi connectivity index (χ0) is 29.1. The molecule has 1 aliphatic heterocycles. The van der Waals surface area contributed by atoms with Crippen LogP contribution in [0.4, 0.5) is 0 Å². The van der Waals surface area contributed by atoms with Gasteiger partial charge in [-0.15, -0.1) is 0 Å². The summed E-state index contributed by atoms with van der Waals surface area (Å²) in [5.41, 5.74) is 8.64. The first kappa shape index (κ1) is 30.8. The maximum absolute atomic E-state index is 12.9. The molecule has 1 aromatic rings. The highest BCUT2D eigenvalue weighted by Gasteiger charge is 2.56. The Labute approximate surface area is 222 Å². The van der Waals surface area contributed by atoms with Gasteiger partial charge in [0.15, 0.2) is 18.3 Å². The van der Waals surface area contributed by atoms with E-state index in [0.717, 1.165) is 27.9 Å². The summed E-state index contributed by atoms with van der Waals surface area (Å²) >= 11 is 0. The lowest BCUT2D eigenvalue weighted by Gasteiger charge is -2.43. The van der Waals surface area contributed by atoms with E-state index in [1.165, 1.54) is 18.2 Å². The first-order valence-corrected chi connectivity index (χ1v) is 11.5. The standard InChI is InChI=1S/C23H28N4O12/c1-11(29)35-17-18(36-12(2)30)20(37-13(3)31)23(39-19(17)22(33)34-4)38-16-6-5-14(10-28)9-15(16)21(32)25-7-8-26-27-24/h5-6,9,17-20,23,28H,7-8,10H2,1-4H3,(H,25,32)/t17-,18-,19-,20+,23+/m0/s1. The second-order valence-electron chi connectivity index (χ2n) is 7.99. The molecule has 2 N–H and O–H groups in total. The van der Waals surface area contributed by atoms with Gasteiger partial charge in [0.05, 0.1) is 19.3 Å². The average Bonchev–Trinajstić information content (AvgIpc) is 2.88. The third-order valence-corrected chi connectivity index (χ3v) is 5.11. The molecule has 212 valence electrons. The van der Waals surface area contributed by atoms with Crippen molar-refractivity contribution in [1.82, 2.24) is 5.32 Å². The molecule has 2 rings (SSSR count). The molecule has 1 amide bonds. The van der Waals surface area contributed by atoms with E-state index in [1.54, 1.807) is 0 Å². The fourth-order valence-electron chi connectivity index (χ4n) is 3.61. The molecule has 1 saturated heterocycles. The number of carbonyl (C=O) groups excluding carboxylic acids is 5. The molecule has 0 saturated carbocycles. The van der Waals surface area contributed by atoms with E-state index < -0.39 is 67.1 Å². The number of aliphatic hydroxyl groups is 1. The van der Waals surface area contributed by atoms with Crippen molar-refractivity contribution in [3.63, 3.8) is 0 Å². The fraction of sp³-hybridized carbons (Fsp3) is 0.522. The van der Waals surface area contributed by atoms with Gasteiger partial charge in [-0.05, 0) is 23.2 Å². The van der Waals surface area contributed by atoms with Gasteiger partial charge in [-0.3, -0.25) is 19.2 Å². The van der Waals surface area contributed by atoms with Crippen LogP contribution in [0.2, 0.25) is 0 Å². The molecule has 1 fully saturated rings. The van der Waals surface area contributed by atoms with Crippen LogP contribution < -0.4 is 10.1 Å². The van der Waals surface area contributed by atoms with Crippen LogP contribution in [0, 0.1) is 0 Å². The Morgan fingerprint density at radius 1 is 1.03 bits per heavy atom. The van der Waals surface area contributed by atoms with Gasteiger partial charge >= 0.3 is 23.9 Å². The molecule has 0 radical (unpaired) electrons. The minimum Gasteiger partial charge on any atom is -0.467 e. The van der Waals surface area contributed by atoms with E-state index in [9.17, 15) is 29.1 Å². The Hall–Kier alpha value is -4.40. The molecule has 1 heterocycles. The van der Waals surface area contributed by atoms with Gasteiger partial charge in [0.1, 0.15) is 5.75 Å². The topological polar surface area (TPSA) is 222 Å². The van der Waals surface area contributed by atoms with Crippen LogP contribution in [0.3, 0.4) is 0 Å². The van der Waals surface area contributed by atoms with Crippen LogP contribution in [0.25, 0.3) is 10.4 Å². The molecule has 1 aromatic carbocycles. The Morgan fingerprint density at radius 2 is 1.64 bits per heavy atom. The highest BCUT2D eigenvalue weighted by atomic mass is 16.7. The van der Waals surface area contributed by atoms with E-state index in [4.69, 9.17) is 34.0 Å². The predicted octanol–water partition coefficient (Wildman–Crippen LogP) is 0.291. The molecule has 0 spiro atoms. The summed E-state index contributed by atoms with van der Waals surface area (Å²) in [4.78, 5) is 63.8. The maximum atomic E-state index is 12.9. The third-order valence-electron chi connectivity index (χ3n) is 5.11. The third kappa shape index (κ3) is 8.56. The molecule has 0 aromatic heterocycles. The van der Waals surface area contributed by atoms with Crippen molar-refractivity contribution < 1.29 is 57.5 Å². The zero-order valence-electron chi connectivity index (χ0n) is 21.5. The summed E-state index contributed by atoms with van der Waals surface area (Å²) in [6, 6.07) is 4.05. The Balaban J connectivity index is 2.55. The summed E-state index contributed by atoms with van der Waals surface area (Å²) in [5.74, 6) is -4.46. The highest BCUT2D eigenvalue weighted by molar-refractivity contribution is 5.97. The van der Waals surface area contributed by atoms with E-state index in [1.807, 2.05) is 0 Å². The number of nitrogens with one attached hydrogen (secondary N) is 1. The fourth-order valence-corrected chi connectivity index (χ4v) is 3.61. The molecular weight excluding hydrogens is 524 g/mol. The van der Waals surface area contributed by atoms with Crippen molar-refractivity contribution in [3.05, 3.63) is 39.8 Å². The van der Waals surface area contributed by atoms with Crippen LogP contribution in [-0.2, 0) is 49.5 Å². The van der Waals surface area contributed by atoms with Gasteiger partial charge in [-0.2, -0.15) is 0 Å². The summed E-state index contributed by atoms with van der Waals surface area (Å²) in [7, 11) is 1.04. The first-order valence-electron chi connectivity index (χ1n) is 11.5. The molecule has 1 aliphatic rings. The van der Waals surface area contributed by atoms with E-state index in [-0.39, 0.29) is 24.4 Å². The number of azide groups is 1. The van der Waals surface area contributed by atoms with Crippen LogP contribution in [-0.4, -0.2) is 85.8 Å². The number of aliphatic hydroxyl groups excluding tert-OH is 1. The van der Waals surface area contributed by atoms with Crippen molar-refractivity contribution in [1.29, 1.82) is 0 Å². The van der Waals surface area contributed by atoms with Crippen LogP contribution in [0.1, 0.15) is 36.7 Å². The predicted molar refractivity (Wildman–Crippen MR) is 127 cm³/mol. The summed E-state index contributed by atoms with van der Waals surface area (Å²) in [5, 5.41) is 15.4. The van der Waals surface area contributed by atoms with Crippen molar-refractivity contribution in [2.75, 3.05) is 20.2 Å². The lowest BCUT2D eigenvalue weighted by atomic mass is 9.97. The number of hydrogen-bond acceptors (Lipinski definition) is 13. The van der Waals surface area contributed by atoms with Crippen LogP contribution in [0.15, 0.2) is 23.3 Å². The molecule has 39 heavy (non-hydrogen) atoms. The zero-order valence-corrected chi connectivity index (χ0v) is 21.5. The smallest absolute Gasteiger partial charge is 0.339 e. The maximum Gasteiger partial charge on any atom is 0.339 e. The van der Waals surface area contributed by atoms with Gasteiger partial charge in [-0.25, -0.2) is 4.79 Å². The quantitative estimate of drug-likeness (QED) is 0.0944. The molecular formula is C23H28N4O12. The molecule has 0 unspecified atom stereocenters. The van der Waals surface area contributed by atoms with Gasteiger partial charge in [0.2, 0.25) is 12.4 Å². The molecule has 0 aliphatic carbocycles. The number of ether oxygens (including phenoxy) is 6. The number of methoxy groups -OCH3 is 1. The van der Waals surface area contributed by atoms with Crippen molar-refractivity contribution in [3.8, 4) is 5.75 Å². The number of benzene rings is 1. The monoisotopic (exact) mass is 552 g/mol. The minimum atomic E-state index is -1.70. The molecule has 16 nitrogen and oxygen atoms in total. The normalized spacial score (nSPS) is 21.9. The van der Waals surface area contributed by atoms with Crippen molar-refractivity contribution in [2.24, 2.45) is 5.11 Å². The SMILES string of the molecule is COC(=O)[C@H]1O[C@@H](Oc2ccc(CO)cc2C(=O)NCCN=[N+]=[N-])[C@H](OC(C)=O)[C@@H](OC(C)=O)[C@@H]1OC(C)=O. The Bertz CT molecular complexity index is 1140. The number of carbonyl (C=O) groups is 5. The number of nitrogens with zero attached hydrogens (tertiary/aromatic N) is 3. The van der Waals surface area contributed by atoms with Gasteiger partial charge in [-0.1, -0.05) is 11.2 Å². The summed E-state index contributed by atoms with van der Waals surface area (Å²) in [6.07, 6.45) is -8.16. The minimum absolute atomic E-state index is 0.0231. The summed E-state index contributed by atoms with van der Waals surface area (Å²) < 4.78 is 32.1. The molecule has 16 heteroatoms. The number of rotatable bonds is 11. The van der Waals surface area contributed by atoms with Crippen molar-refractivity contribution >= 4 is 29.8 Å². The van der Waals surface area contributed by atoms with Crippen LogP contribution >= 0.6 is 0 Å². The molecule has 0 bridgehead atoms. The highest BCUT2D eigenvalue weighted by Crippen LogP contribution is 2.32. The number of esters is 4. The first-order chi connectivity index (χ1) is 18.5. The lowest BCUT2D eigenvalue weighted by molar-refractivity contribution is -0.282. The number of hydrogen-bond donors (Lipinski definition) is 2. The van der Waals surface area contributed by atoms with E-state index >= 15 is 0 Å². The second kappa shape index (κ2) is 14.5. The molecule has 5 atom stereocenters. The number of amides is 1. The van der Waals surface area contributed by atoms with Crippen LogP contribution in [0.5, 0.6) is 5.75 Å². The van der Waals surface area contributed by atoms with E-state index in [0.29, 0.717) is 5.56 Å². The largest absolute Gasteiger partial charge is 0.467 e. The van der Waals surface area contributed by atoms with Gasteiger partial charge in [0, 0.05) is 38.8 Å². The van der Waals surface area contributed by atoms with Gasteiger partial charge < -0.3 is 38.8 Å². The lowest BCUT2D eigenvalue weighted by Crippen LogP contribution is -2.64. The van der Waals surface area contributed by atoms with Gasteiger partial charge in [0.25, 0.3) is 5.91 Å².